The van der Waals surface area contributed by atoms with E-state index in [1.54, 1.807) is 28.8 Å². The summed E-state index contributed by atoms with van der Waals surface area (Å²) in [5.41, 5.74) is -0.266. The maximum absolute atomic E-state index is 12.7. The summed E-state index contributed by atoms with van der Waals surface area (Å²) in [7, 11) is -2.18. The first-order chi connectivity index (χ1) is 13.5. The summed E-state index contributed by atoms with van der Waals surface area (Å²) in [5, 5.41) is 4.35. The number of furan rings is 1. The molecule has 0 unspecified atom stereocenters. The smallest absolute Gasteiger partial charge is 0.346 e. The molecule has 2 aromatic heterocycles. The summed E-state index contributed by atoms with van der Waals surface area (Å²) in [4.78, 5) is 12.8. The third kappa shape index (κ3) is 3.60. The van der Waals surface area contributed by atoms with Gasteiger partial charge in [-0.25, -0.2) is 22.6 Å². The van der Waals surface area contributed by atoms with Gasteiger partial charge in [-0.15, -0.1) is 5.10 Å². The number of hydrogen-bond donors (Lipinski definition) is 1. The Morgan fingerprint density at radius 2 is 2.00 bits per heavy atom. The highest BCUT2D eigenvalue weighted by atomic mass is 32.2. The molecule has 0 atom stereocenters. The zero-order valence-electron chi connectivity index (χ0n) is 15.2. The quantitative estimate of drug-likeness (QED) is 0.611. The van der Waals surface area contributed by atoms with Gasteiger partial charge in [0.15, 0.2) is 5.76 Å². The molecule has 0 aliphatic heterocycles. The summed E-state index contributed by atoms with van der Waals surface area (Å²) in [5.74, 6) is 1.55. The van der Waals surface area contributed by atoms with E-state index >= 15 is 0 Å². The molecule has 10 heteroatoms. The molecule has 1 aliphatic rings. The lowest BCUT2D eigenvalue weighted by Crippen LogP contribution is -2.32. The Hall–Kier alpha value is -2.85. The largest absolute Gasteiger partial charge is 0.497 e. The van der Waals surface area contributed by atoms with Crippen LogP contribution in [-0.4, -0.2) is 36.4 Å². The van der Waals surface area contributed by atoms with Crippen molar-refractivity contribution in [2.45, 2.75) is 30.3 Å². The Kier molecular flexibility index (Phi) is 4.82. The van der Waals surface area contributed by atoms with E-state index in [1.165, 1.54) is 30.2 Å². The molecule has 1 saturated carbocycles. The molecule has 2 heterocycles. The van der Waals surface area contributed by atoms with Crippen LogP contribution in [0.25, 0.3) is 11.6 Å². The van der Waals surface area contributed by atoms with Gasteiger partial charge in [0.05, 0.1) is 24.8 Å². The second-order valence-electron chi connectivity index (χ2n) is 6.48. The van der Waals surface area contributed by atoms with Crippen molar-refractivity contribution in [2.75, 3.05) is 13.7 Å². The fraction of sp³-hybridized carbons (Fsp3) is 0.333. The van der Waals surface area contributed by atoms with E-state index < -0.39 is 10.0 Å². The number of nitrogens with zero attached hydrogens (tertiary/aromatic N) is 3. The molecule has 0 spiro atoms. The number of hydrogen-bond acceptors (Lipinski definition) is 6. The fourth-order valence-electron chi connectivity index (χ4n) is 2.93. The second kappa shape index (κ2) is 7.28. The lowest BCUT2D eigenvalue weighted by Gasteiger charge is -2.07. The molecule has 0 saturated heterocycles. The maximum Gasteiger partial charge on any atom is 0.346 e. The second-order valence-corrected chi connectivity index (χ2v) is 8.25. The van der Waals surface area contributed by atoms with Crippen LogP contribution in [0.2, 0.25) is 0 Å². The van der Waals surface area contributed by atoms with Gasteiger partial charge in [0.25, 0.3) is 0 Å². The number of benzene rings is 1. The molecule has 28 heavy (non-hydrogen) atoms. The van der Waals surface area contributed by atoms with Crippen LogP contribution in [0.1, 0.15) is 18.9 Å². The van der Waals surface area contributed by atoms with Gasteiger partial charge in [-0.1, -0.05) is 0 Å². The van der Waals surface area contributed by atoms with Crippen LogP contribution in [0.15, 0.2) is 56.8 Å². The van der Waals surface area contributed by atoms with Crippen LogP contribution in [0, 0.1) is 0 Å². The molecule has 0 bridgehead atoms. The fourth-order valence-corrected chi connectivity index (χ4v) is 3.95. The number of nitrogens with one attached hydrogen (secondary N) is 1. The van der Waals surface area contributed by atoms with Gasteiger partial charge < -0.3 is 9.15 Å². The van der Waals surface area contributed by atoms with E-state index in [4.69, 9.17) is 9.15 Å². The SMILES string of the molecule is COc1ccc(S(=O)(=O)NCCn2nc(-c3ccco3)n(C3CC3)c2=O)cc1. The molecule has 0 amide bonds. The van der Waals surface area contributed by atoms with Crippen molar-refractivity contribution in [3.63, 3.8) is 0 Å². The Balaban J connectivity index is 1.49. The van der Waals surface area contributed by atoms with Gasteiger partial charge in [-0.3, -0.25) is 4.57 Å². The van der Waals surface area contributed by atoms with Crippen LogP contribution in [0.5, 0.6) is 5.75 Å². The number of rotatable bonds is 8. The molecular weight excluding hydrogens is 384 g/mol. The van der Waals surface area contributed by atoms with Gasteiger partial charge in [0, 0.05) is 12.6 Å². The standard InChI is InChI=1S/C18H20N4O5S/c1-26-14-6-8-15(9-7-14)28(24,25)19-10-11-21-18(23)22(13-4-5-13)17(20-21)16-3-2-12-27-16/h2-3,6-9,12-13,19H,4-5,10-11H2,1H3. The van der Waals surface area contributed by atoms with Gasteiger partial charge >= 0.3 is 5.69 Å². The molecule has 1 aromatic carbocycles. The van der Waals surface area contributed by atoms with Gasteiger partial charge in [0.2, 0.25) is 15.8 Å². The highest BCUT2D eigenvalue weighted by Gasteiger charge is 2.31. The van der Waals surface area contributed by atoms with Gasteiger partial charge in [-0.05, 0) is 49.2 Å². The lowest BCUT2D eigenvalue weighted by molar-refractivity contribution is 0.414. The summed E-state index contributed by atoms with van der Waals surface area (Å²) in [6.07, 6.45) is 3.37. The highest BCUT2D eigenvalue weighted by molar-refractivity contribution is 7.89. The summed E-state index contributed by atoms with van der Waals surface area (Å²) >= 11 is 0. The normalized spacial score (nSPS) is 14.3. The van der Waals surface area contributed by atoms with Crippen molar-refractivity contribution in [3.8, 4) is 17.3 Å². The molecule has 1 N–H and O–H groups in total. The predicted octanol–water partition coefficient (Wildman–Crippen LogP) is 1.63. The summed E-state index contributed by atoms with van der Waals surface area (Å²) in [6, 6.07) is 9.68. The van der Waals surface area contributed by atoms with Crippen molar-refractivity contribution in [1.29, 1.82) is 0 Å². The molecule has 148 valence electrons. The lowest BCUT2D eigenvalue weighted by atomic mass is 10.3. The number of aromatic nitrogens is 3. The first-order valence-corrected chi connectivity index (χ1v) is 10.3. The first kappa shape index (κ1) is 18.5. The molecule has 9 nitrogen and oxygen atoms in total. The Morgan fingerprint density at radius 3 is 2.61 bits per heavy atom. The monoisotopic (exact) mass is 404 g/mol. The molecule has 4 rings (SSSR count). The van der Waals surface area contributed by atoms with E-state index in [2.05, 4.69) is 9.82 Å². The van der Waals surface area contributed by atoms with Crippen molar-refractivity contribution in [1.82, 2.24) is 19.1 Å². The third-order valence-corrected chi connectivity index (χ3v) is 5.99. The Labute approximate surface area is 161 Å². The summed E-state index contributed by atoms with van der Waals surface area (Å²) in [6.45, 7) is 0.148. The maximum atomic E-state index is 12.7. The average Bonchev–Trinajstić information content (AvgIpc) is 3.27. The van der Waals surface area contributed by atoms with Crippen molar-refractivity contribution < 1.29 is 17.6 Å². The Morgan fingerprint density at radius 1 is 1.25 bits per heavy atom. The minimum atomic E-state index is -3.69. The summed E-state index contributed by atoms with van der Waals surface area (Å²) < 4.78 is 40.6. The van der Waals surface area contributed by atoms with Crippen molar-refractivity contribution in [3.05, 3.63) is 53.1 Å². The van der Waals surface area contributed by atoms with E-state index in [9.17, 15) is 13.2 Å². The minimum Gasteiger partial charge on any atom is -0.497 e. The molecular formula is C18H20N4O5S. The molecule has 1 fully saturated rings. The highest BCUT2D eigenvalue weighted by Crippen LogP contribution is 2.36. The molecule has 3 aromatic rings. The zero-order valence-corrected chi connectivity index (χ0v) is 16.1. The van der Waals surface area contributed by atoms with E-state index in [0.717, 1.165) is 12.8 Å². The first-order valence-electron chi connectivity index (χ1n) is 8.86. The minimum absolute atomic E-state index is 0.0353. The topological polar surface area (TPSA) is 108 Å². The van der Waals surface area contributed by atoms with E-state index in [0.29, 0.717) is 17.3 Å². The van der Waals surface area contributed by atoms with Crippen LogP contribution < -0.4 is 15.1 Å². The average molecular weight is 404 g/mol. The Bertz CT molecular complexity index is 1110. The van der Waals surface area contributed by atoms with Crippen molar-refractivity contribution in [2.24, 2.45) is 0 Å². The van der Waals surface area contributed by atoms with E-state index in [-0.39, 0.29) is 29.7 Å². The molecule has 0 radical (unpaired) electrons. The van der Waals surface area contributed by atoms with E-state index in [1.807, 2.05) is 0 Å². The van der Waals surface area contributed by atoms with Crippen LogP contribution >= 0.6 is 0 Å². The van der Waals surface area contributed by atoms with Crippen LogP contribution in [0.3, 0.4) is 0 Å². The zero-order chi connectivity index (χ0) is 19.7. The third-order valence-electron chi connectivity index (χ3n) is 4.51. The predicted molar refractivity (Wildman–Crippen MR) is 101 cm³/mol. The van der Waals surface area contributed by atoms with Crippen molar-refractivity contribution >= 4 is 10.0 Å². The molecule has 1 aliphatic carbocycles. The van der Waals surface area contributed by atoms with Crippen LogP contribution in [0.4, 0.5) is 0 Å². The number of ether oxygens (including phenoxy) is 1. The van der Waals surface area contributed by atoms with Gasteiger partial charge in [-0.2, -0.15) is 0 Å². The van der Waals surface area contributed by atoms with Crippen LogP contribution in [-0.2, 0) is 16.6 Å². The number of methoxy groups -OCH3 is 1. The van der Waals surface area contributed by atoms with Gasteiger partial charge in [0.1, 0.15) is 5.75 Å². The number of sulfonamides is 1.